The first-order chi connectivity index (χ1) is 12.7. The number of pyridine rings is 1. The summed E-state index contributed by atoms with van der Waals surface area (Å²) in [6.07, 6.45) is 4.70. The summed E-state index contributed by atoms with van der Waals surface area (Å²) in [5.74, 6) is 0.145. The smallest absolute Gasteiger partial charge is 0.331 e. The second-order valence-electron chi connectivity index (χ2n) is 5.32. The molecule has 0 amide bonds. The number of esters is 1. The molecule has 6 nitrogen and oxygen atoms in total. The lowest BCUT2D eigenvalue weighted by Gasteiger charge is -1.98. The molecule has 0 bridgehead atoms. The summed E-state index contributed by atoms with van der Waals surface area (Å²) in [6, 6.07) is 11.2. The molecule has 4 aromatic rings. The Labute approximate surface area is 157 Å². The Morgan fingerprint density at radius 1 is 1.35 bits per heavy atom. The van der Waals surface area contributed by atoms with Crippen LogP contribution in [0.25, 0.3) is 22.4 Å². The summed E-state index contributed by atoms with van der Waals surface area (Å²) in [5, 5.41) is 6.17. The third-order valence-electron chi connectivity index (χ3n) is 3.58. The van der Waals surface area contributed by atoms with Gasteiger partial charge in [0.15, 0.2) is 10.9 Å². The van der Waals surface area contributed by atoms with E-state index < -0.39 is 5.97 Å². The summed E-state index contributed by atoms with van der Waals surface area (Å²) in [6.45, 7) is 0.0267. The average Bonchev–Trinajstić information content (AvgIpc) is 3.37. The molecule has 0 unspecified atom stereocenters. The van der Waals surface area contributed by atoms with E-state index in [-0.39, 0.29) is 6.61 Å². The van der Waals surface area contributed by atoms with Crippen molar-refractivity contribution in [1.29, 1.82) is 0 Å². The van der Waals surface area contributed by atoms with E-state index in [9.17, 15) is 4.79 Å². The lowest BCUT2D eigenvalue weighted by atomic mass is 10.3. The standard InChI is InChI=1S/C18H12ClN3O3S/c19-18-13(22-8-2-1-5-16(22)20-18)6-7-17(23)24-11-12-10-14(25-21-12)15-4-3-9-26-15/h1-10H,11H2/b7-6+. The van der Waals surface area contributed by atoms with Gasteiger partial charge in [-0.1, -0.05) is 28.9 Å². The zero-order valence-corrected chi connectivity index (χ0v) is 14.9. The van der Waals surface area contributed by atoms with Gasteiger partial charge >= 0.3 is 5.97 Å². The van der Waals surface area contributed by atoms with Gasteiger partial charge in [-0.3, -0.25) is 4.40 Å². The van der Waals surface area contributed by atoms with Crippen LogP contribution in [-0.2, 0) is 16.1 Å². The van der Waals surface area contributed by atoms with E-state index in [0.29, 0.717) is 27.9 Å². The topological polar surface area (TPSA) is 69.6 Å². The number of carbonyl (C=O) groups excluding carboxylic acids is 1. The van der Waals surface area contributed by atoms with Gasteiger partial charge in [-0.05, 0) is 29.7 Å². The van der Waals surface area contributed by atoms with Crippen LogP contribution in [0.4, 0.5) is 0 Å². The van der Waals surface area contributed by atoms with Crippen molar-refractivity contribution < 1.29 is 14.1 Å². The third kappa shape index (κ3) is 3.40. The zero-order chi connectivity index (χ0) is 17.9. The third-order valence-corrected chi connectivity index (χ3v) is 4.75. The number of aromatic nitrogens is 3. The Balaban J connectivity index is 1.41. The number of fused-ring (bicyclic) bond motifs is 1. The molecule has 0 aliphatic rings. The van der Waals surface area contributed by atoms with E-state index in [0.717, 1.165) is 4.88 Å². The van der Waals surface area contributed by atoms with Gasteiger partial charge in [0.05, 0.1) is 10.6 Å². The maximum Gasteiger partial charge on any atom is 0.331 e. The molecule has 130 valence electrons. The molecule has 26 heavy (non-hydrogen) atoms. The van der Waals surface area contributed by atoms with Gasteiger partial charge in [-0.15, -0.1) is 11.3 Å². The molecule has 0 aliphatic carbocycles. The lowest BCUT2D eigenvalue weighted by molar-refractivity contribution is -0.139. The number of carbonyl (C=O) groups is 1. The Kier molecular flexibility index (Phi) is 4.55. The maximum absolute atomic E-state index is 12.0. The monoisotopic (exact) mass is 385 g/mol. The first kappa shape index (κ1) is 16.6. The van der Waals surface area contributed by atoms with Crippen LogP contribution in [0.2, 0.25) is 5.15 Å². The number of hydrogen-bond donors (Lipinski definition) is 0. The Morgan fingerprint density at radius 3 is 3.12 bits per heavy atom. The quantitative estimate of drug-likeness (QED) is 0.374. The number of imidazole rings is 1. The Hall–Kier alpha value is -2.90. The number of hydrogen-bond acceptors (Lipinski definition) is 6. The maximum atomic E-state index is 12.0. The van der Waals surface area contributed by atoms with E-state index in [1.807, 2.05) is 41.9 Å². The molecule has 4 rings (SSSR count). The number of halogens is 1. The van der Waals surface area contributed by atoms with E-state index in [2.05, 4.69) is 10.1 Å². The molecular weight excluding hydrogens is 374 g/mol. The van der Waals surface area contributed by atoms with Crippen molar-refractivity contribution in [3.05, 3.63) is 70.6 Å². The van der Waals surface area contributed by atoms with Crippen LogP contribution in [0.3, 0.4) is 0 Å². The molecule has 4 aromatic heterocycles. The fourth-order valence-corrected chi connectivity index (χ4v) is 3.30. The summed E-state index contributed by atoms with van der Waals surface area (Å²) >= 11 is 7.67. The van der Waals surface area contributed by atoms with Crippen LogP contribution < -0.4 is 0 Å². The van der Waals surface area contributed by atoms with Crippen LogP contribution in [0.1, 0.15) is 11.4 Å². The van der Waals surface area contributed by atoms with Crippen LogP contribution in [0.15, 0.2) is 58.6 Å². The van der Waals surface area contributed by atoms with E-state index in [1.54, 1.807) is 27.9 Å². The SMILES string of the molecule is O=C(/C=C/c1c(Cl)nc2ccccn12)OCc1cc(-c2cccs2)on1. The van der Waals surface area contributed by atoms with Crippen LogP contribution >= 0.6 is 22.9 Å². The van der Waals surface area contributed by atoms with Crippen LogP contribution in [0.5, 0.6) is 0 Å². The zero-order valence-electron chi connectivity index (χ0n) is 13.3. The summed E-state index contributed by atoms with van der Waals surface area (Å²) in [5.41, 5.74) is 1.86. The second kappa shape index (κ2) is 7.15. The normalized spacial score (nSPS) is 11.4. The van der Waals surface area contributed by atoms with Gasteiger partial charge in [0.2, 0.25) is 0 Å². The van der Waals surface area contributed by atoms with Crippen molar-refractivity contribution in [2.45, 2.75) is 6.61 Å². The molecule has 0 spiro atoms. The highest BCUT2D eigenvalue weighted by Gasteiger charge is 2.10. The van der Waals surface area contributed by atoms with E-state index in [4.69, 9.17) is 20.9 Å². The van der Waals surface area contributed by atoms with Gasteiger partial charge < -0.3 is 9.26 Å². The summed E-state index contributed by atoms with van der Waals surface area (Å²) in [4.78, 5) is 17.1. The second-order valence-corrected chi connectivity index (χ2v) is 6.62. The van der Waals surface area contributed by atoms with Crippen molar-refractivity contribution in [3.8, 4) is 10.6 Å². The lowest BCUT2D eigenvalue weighted by Crippen LogP contribution is -2.01. The molecule has 0 aromatic carbocycles. The molecule has 0 saturated heterocycles. The predicted octanol–water partition coefficient (Wildman–Crippen LogP) is 4.46. The van der Waals surface area contributed by atoms with Crippen molar-refractivity contribution in [2.24, 2.45) is 0 Å². The van der Waals surface area contributed by atoms with Crippen molar-refractivity contribution in [2.75, 3.05) is 0 Å². The summed E-state index contributed by atoms with van der Waals surface area (Å²) < 4.78 is 12.2. The van der Waals surface area contributed by atoms with Crippen LogP contribution in [-0.4, -0.2) is 20.5 Å². The van der Waals surface area contributed by atoms with Gasteiger partial charge in [-0.25, -0.2) is 9.78 Å². The van der Waals surface area contributed by atoms with Crippen molar-refractivity contribution >= 4 is 40.6 Å². The Morgan fingerprint density at radius 2 is 2.27 bits per heavy atom. The highest BCUT2D eigenvalue weighted by atomic mass is 35.5. The van der Waals surface area contributed by atoms with Crippen molar-refractivity contribution in [3.63, 3.8) is 0 Å². The van der Waals surface area contributed by atoms with E-state index >= 15 is 0 Å². The predicted molar refractivity (Wildman–Crippen MR) is 98.8 cm³/mol. The van der Waals surface area contributed by atoms with Gasteiger partial charge in [0, 0.05) is 18.3 Å². The minimum absolute atomic E-state index is 0.0267. The summed E-state index contributed by atoms with van der Waals surface area (Å²) in [7, 11) is 0. The number of thiophene rings is 1. The number of nitrogens with zero attached hydrogens (tertiary/aromatic N) is 3. The minimum Gasteiger partial charge on any atom is -0.456 e. The van der Waals surface area contributed by atoms with Gasteiger partial charge in [0.25, 0.3) is 0 Å². The largest absolute Gasteiger partial charge is 0.456 e. The first-order valence-electron chi connectivity index (χ1n) is 7.67. The molecule has 0 saturated carbocycles. The molecule has 0 atom stereocenters. The molecule has 0 N–H and O–H groups in total. The fraction of sp³-hybridized carbons (Fsp3) is 0.0556. The van der Waals surface area contributed by atoms with Crippen LogP contribution in [0, 0.1) is 0 Å². The van der Waals surface area contributed by atoms with Gasteiger partial charge in [0.1, 0.15) is 17.9 Å². The fourth-order valence-electron chi connectivity index (χ4n) is 2.39. The Bertz CT molecular complexity index is 1080. The van der Waals surface area contributed by atoms with Crippen molar-refractivity contribution in [1.82, 2.24) is 14.5 Å². The van der Waals surface area contributed by atoms with E-state index in [1.165, 1.54) is 6.08 Å². The van der Waals surface area contributed by atoms with Gasteiger partial charge in [-0.2, -0.15) is 0 Å². The highest BCUT2D eigenvalue weighted by molar-refractivity contribution is 7.13. The average molecular weight is 386 g/mol. The highest BCUT2D eigenvalue weighted by Crippen LogP contribution is 2.25. The molecule has 0 radical (unpaired) electrons. The number of ether oxygens (including phenoxy) is 1. The molecule has 8 heteroatoms. The molecule has 0 fully saturated rings. The number of rotatable bonds is 5. The molecule has 0 aliphatic heterocycles. The molecule has 4 heterocycles. The first-order valence-corrected chi connectivity index (χ1v) is 8.93. The minimum atomic E-state index is -0.507. The molecular formula is C18H12ClN3O3S.